The van der Waals surface area contributed by atoms with E-state index in [2.05, 4.69) is 70.8 Å². The highest BCUT2D eigenvalue weighted by molar-refractivity contribution is 7.98. The molecule has 0 aliphatic carbocycles. The Morgan fingerprint density at radius 2 is 1.81 bits per heavy atom. The van der Waals surface area contributed by atoms with Crippen LogP contribution in [0.1, 0.15) is 16.7 Å². The number of aryl methyl sites for hydroxylation is 1. The summed E-state index contributed by atoms with van der Waals surface area (Å²) in [6.07, 6.45) is 3.50. The average molecular weight is 358 g/mol. The lowest BCUT2D eigenvalue weighted by molar-refractivity contribution is 0.767. The van der Waals surface area contributed by atoms with Gasteiger partial charge in [-0.25, -0.2) is 0 Å². The molecular formula is C21H18N4S. The summed E-state index contributed by atoms with van der Waals surface area (Å²) >= 11 is 1.63. The van der Waals surface area contributed by atoms with Crippen LogP contribution in [0.25, 0.3) is 10.8 Å². The van der Waals surface area contributed by atoms with Gasteiger partial charge in [0.15, 0.2) is 0 Å². The normalized spacial score (nSPS) is 11.4. The van der Waals surface area contributed by atoms with Crippen LogP contribution in [-0.4, -0.2) is 21.1 Å². The van der Waals surface area contributed by atoms with E-state index < -0.39 is 0 Å². The van der Waals surface area contributed by atoms with Crippen LogP contribution in [-0.2, 0) is 5.75 Å². The largest absolute Gasteiger partial charge is 0.212 e. The number of hydrogen-bond donors (Lipinski definition) is 0. The molecule has 0 bridgehead atoms. The van der Waals surface area contributed by atoms with E-state index in [9.17, 15) is 0 Å². The zero-order chi connectivity index (χ0) is 17.8. The van der Waals surface area contributed by atoms with Gasteiger partial charge >= 0.3 is 0 Å². The smallest absolute Gasteiger partial charge is 0.195 e. The molecule has 0 aliphatic rings. The Kier molecular flexibility index (Phi) is 4.80. The Hall–Kier alpha value is -2.92. The molecule has 26 heavy (non-hydrogen) atoms. The molecule has 0 saturated carbocycles. The first kappa shape index (κ1) is 16.5. The van der Waals surface area contributed by atoms with Gasteiger partial charge in [0.25, 0.3) is 0 Å². The van der Waals surface area contributed by atoms with Crippen molar-refractivity contribution in [3.63, 3.8) is 0 Å². The molecule has 0 fully saturated rings. The lowest BCUT2D eigenvalue weighted by Crippen LogP contribution is -1.93. The molecule has 4 rings (SSSR count). The van der Waals surface area contributed by atoms with Crippen molar-refractivity contribution in [3.05, 3.63) is 89.7 Å². The van der Waals surface area contributed by atoms with E-state index >= 15 is 0 Å². The summed E-state index contributed by atoms with van der Waals surface area (Å²) < 4.78 is 1.72. The molecule has 0 amide bonds. The monoisotopic (exact) mass is 358 g/mol. The summed E-state index contributed by atoms with van der Waals surface area (Å²) in [6.45, 7) is 2.09. The molecule has 4 aromatic rings. The van der Waals surface area contributed by atoms with Gasteiger partial charge in [0.1, 0.15) is 6.33 Å². The Bertz CT molecular complexity index is 1050. The third-order valence-corrected chi connectivity index (χ3v) is 5.14. The maximum absolute atomic E-state index is 4.56. The van der Waals surface area contributed by atoms with Gasteiger partial charge in [-0.3, -0.25) is 0 Å². The first-order valence-corrected chi connectivity index (χ1v) is 9.39. The molecule has 5 heteroatoms. The molecule has 0 radical (unpaired) electrons. The van der Waals surface area contributed by atoms with Crippen LogP contribution in [0.4, 0.5) is 0 Å². The molecule has 0 saturated heterocycles. The zero-order valence-corrected chi connectivity index (χ0v) is 15.2. The van der Waals surface area contributed by atoms with Gasteiger partial charge in [-0.2, -0.15) is 9.78 Å². The Morgan fingerprint density at radius 1 is 1.00 bits per heavy atom. The minimum atomic E-state index is 0.780. The predicted octanol–water partition coefficient (Wildman–Crippen LogP) is 4.91. The number of nitrogens with zero attached hydrogens (tertiary/aromatic N) is 4. The summed E-state index contributed by atoms with van der Waals surface area (Å²) in [5, 5.41) is 15.9. The van der Waals surface area contributed by atoms with Crippen molar-refractivity contribution in [1.29, 1.82) is 0 Å². The van der Waals surface area contributed by atoms with Crippen LogP contribution < -0.4 is 0 Å². The van der Waals surface area contributed by atoms with Crippen LogP contribution >= 0.6 is 11.8 Å². The van der Waals surface area contributed by atoms with Crippen molar-refractivity contribution >= 4 is 28.7 Å². The number of aromatic nitrogens is 3. The quantitative estimate of drug-likeness (QED) is 0.376. The van der Waals surface area contributed by atoms with Gasteiger partial charge in [0.2, 0.25) is 5.16 Å². The summed E-state index contributed by atoms with van der Waals surface area (Å²) in [6, 6.07) is 23.0. The summed E-state index contributed by atoms with van der Waals surface area (Å²) in [4.78, 5) is 0. The zero-order valence-electron chi connectivity index (χ0n) is 14.4. The summed E-state index contributed by atoms with van der Waals surface area (Å²) in [5.41, 5.74) is 3.60. The Labute approximate surface area is 156 Å². The molecule has 0 N–H and O–H groups in total. The number of rotatable bonds is 5. The molecule has 0 aliphatic heterocycles. The maximum Gasteiger partial charge on any atom is 0.212 e. The molecule has 0 unspecified atom stereocenters. The SMILES string of the molecule is Cc1ccc(CSc2nncn2N=Cc2cccc3ccccc23)cc1. The summed E-state index contributed by atoms with van der Waals surface area (Å²) in [5.74, 6) is 0.836. The second-order valence-electron chi connectivity index (χ2n) is 6.05. The molecule has 1 heterocycles. The Balaban J connectivity index is 1.53. The van der Waals surface area contributed by atoms with Crippen molar-refractivity contribution < 1.29 is 0 Å². The topological polar surface area (TPSA) is 43.1 Å². The second-order valence-corrected chi connectivity index (χ2v) is 6.99. The first-order valence-electron chi connectivity index (χ1n) is 8.40. The van der Waals surface area contributed by atoms with Gasteiger partial charge in [0.05, 0.1) is 6.21 Å². The van der Waals surface area contributed by atoms with E-state index in [0.717, 1.165) is 16.5 Å². The van der Waals surface area contributed by atoms with Crippen LogP contribution in [0, 0.1) is 6.92 Å². The van der Waals surface area contributed by atoms with Gasteiger partial charge < -0.3 is 0 Å². The summed E-state index contributed by atoms with van der Waals surface area (Å²) in [7, 11) is 0. The Morgan fingerprint density at radius 3 is 2.69 bits per heavy atom. The van der Waals surface area contributed by atoms with Gasteiger partial charge in [0, 0.05) is 11.3 Å². The minimum Gasteiger partial charge on any atom is -0.195 e. The van der Waals surface area contributed by atoms with E-state index in [1.807, 2.05) is 24.4 Å². The fourth-order valence-electron chi connectivity index (χ4n) is 2.71. The number of fused-ring (bicyclic) bond motifs is 1. The van der Waals surface area contributed by atoms with Crippen LogP contribution in [0.3, 0.4) is 0 Å². The molecule has 128 valence electrons. The van der Waals surface area contributed by atoms with Gasteiger partial charge in [-0.05, 0) is 23.3 Å². The van der Waals surface area contributed by atoms with E-state index in [4.69, 9.17) is 0 Å². The number of thioether (sulfide) groups is 1. The molecule has 0 spiro atoms. The van der Waals surface area contributed by atoms with Crippen molar-refractivity contribution in [2.45, 2.75) is 17.8 Å². The number of hydrogen-bond acceptors (Lipinski definition) is 4. The van der Waals surface area contributed by atoms with E-state index in [-0.39, 0.29) is 0 Å². The standard InChI is InChI=1S/C21H18N4S/c1-16-9-11-17(12-10-16)14-26-21-24-22-15-25(21)23-13-19-7-4-6-18-5-2-3-8-20(18)19/h2-13,15H,14H2,1H3. The number of benzene rings is 3. The van der Waals surface area contributed by atoms with Crippen molar-refractivity contribution in [2.75, 3.05) is 0 Å². The molecule has 4 nitrogen and oxygen atoms in total. The van der Waals surface area contributed by atoms with E-state index in [1.165, 1.54) is 21.9 Å². The molecule has 1 aromatic heterocycles. The molecular weight excluding hydrogens is 340 g/mol. The van der Waals surface area contributed by atoms with Crippen LogP contribution in [0.15, 0.2) is 83.3 Å². The average Bonchev–Trinajstić information content (AvgIpc) is 3.13. The van der Waals surface area contributed by atoms with Crippen molar-refractivity contribution in [3.8, 4) is 0 Å². The predicted molar refractivity (Wildman–Crippen MR) is 108 cm³/mol. The lowest BCUT2D eigenvalue weighted by Gasteiger charge is -2.03. The highest BCUT2D eigenvalue weighted by atomic mass is 32.2. The highest BCUT2D eigenvalue weighted by Gasteiger charge is 2.05. The lowest BCUT2D eigenvalue weighted by atomic mass is 10.1. The fourth-order valence-corrected chi connectivity index (χ4v) is 3.53. The highest BCUT2D eigenvalue weighted by Crippen LogP contribution is 2.21. The minimum absolute atomic E-state index is 0.780. The first-order chi connectivity index (χ1) is 12.8. The molecule has 3 aromatic carbocycles. The van der Waals surface area contributed by atoms with Crippen molar-refractivity contribution in [1.82, 2.24) is 14.9 Å². The van der Waals surface area contributed by atoms with Gasteiger partial charge in [-0.15, -0.1) is 10.2 Å². The molecule has 0 atom stereocenters. The van der Waals surface area contributed by atoms with Crippen LogP contribution in [0.5, 0.6) is 0 Å². The third kappa shape index (κ3) is 3.68. The second kappa shape index (κ2) is 7.54. The van der Waals surface area contributed by atoms with Crippen LogP contribution in [0.2, 0.25) is 0 Å². The third-order valence-electron chi connectivity index (χ3n) is 4.13. The van der Waals surface area contributed by atoms with Crippen molar-refractivity contribution in [2.24, 2.45) is 5.10 Å². The maximum atomic E-state index is 4.56. The fraction of sp³-hybridized carbons (Fsp3) is 0.0952. The van der Waals surface area contributed by atoms with E-state index in [1.54, 1.807) is 22.8 Å². The van der Waals surface area contributed by atoms with E-state index in [0.29, 0.717) is 0 Å². The van der Waals surface area contributed by atoms with Gasteiger partial charge in [-0.1, -0.05) is 84.1 Å².